The molecule has 5 aromatic rings. The van der Waals surface area contributed by atoms with Gasteiger partial charge in [-0.2, -0.15) is 0 Å². The lowest BCUT2D eigenvalue weighted by atomic mass is 9.76. The van der Waals surface area contributed by atoms with Gasteiger partial charge in [0.1, 0.15) is 45.7 Å². The van der Waals surface area contributed by atoms with Gasteiger partial charge in [-0.1, -0.05) is 41.5 Å². The molecule has 4 aliphatic rings. The average Bonchev–Trinajstić information content (AvgIpc) is 3.89. The van der Waals surface area contributed by atoms with E-state index in [1.54, 1.807) is 38.5 Å². The molecule has 0 fully saturated rings. The van der Waals surface area contributed by atoms with E-state index >= 15 is 0 Å². The molecule has 0 saturated heterocycles. The van der Waals surface area contributed by atoms with Gasteiger partial charge in [0.2, 0.25) is 11.6 Å². The molecule has 10 heteroatoms. The minimum atomic E-state index is -0.524. The van der Waals surface area contributed by atoms with Gasteiger partial charge in [0.05, 0.1) is 36.5 Å². The number of ketones is 2. The third kappa shape index (κ3) is 5.39. The number of aliphatic hydroxyl groups excluding tert-OH is 2. The predicted octanol–water partition coefficient (Wildman–Crippen LogP) is 10.5. The number of carbonyl (C=O) groups excluding carboxylic acids is 2. The molecule has 4 heterocycles. The number of carbonyl (C=O) groups is 2. The molecule has 60 heavy (non-hydrogen) atoms. The lowest BCUT2D eigenvalue weighted by Gasteiger charge is -2.28. The lowest BCUT2D eigenvalue weighted by Crippen LogP contribution is -2.28. The molecular weight excluding hydrogens is 757 g/mol. The number of aryl methyl sites for hydroxylation is 2. The molecule has 0 bridgehead atoms. The molecule has 0 saturated carbocycles. The summed E-state index contributed by atoms with van der Waals surface area (Å²) < 4.78 is 23.1. The highest BCUT2D eigenvalue weighted by Gasteiger charge is 2.47. The largest absolute Gasteiger partial charge is 0.506 e. The molecule has 2 N–H and O–H groups in total. The second-order valence-electron chi connectivity index (χ2n) is 16.9. The summed E-state index contributed by atoms with van der Waals surface area (Å²) in [5, 5.41) is 24.5. The zero-order valence-electron chi connectivity index (χ0n) is 35.6. The van der Waals surface area contributed by atoms with Crippen LogP contribution in [0.25, 0.3) is 34.1 Å². The molecule has 9 rings (SSSR count). The molecule has 2 aliphatic carbocycles. The van der Waals surface area contributed by atoms with Crippen LogP contribution in [-0.2, 0) is 33.3 Å². The third-order valence-electron chi connectivity index (χ3n) is 13.1. The second kappa shape index (κ2) is 13.4. The summed E-state index contributed by atoms with van der Waals surface area (Å²) >= 11 is 0. The van der Waals surface area contributed by atoms with Crippen molar-refractivity contribution in [1.29, 1.82) is 0 Å². The number of anilines is 2. The van der Waals surface area contributed by atoms with E-state index in [1.165, 1.54) is 0 Å². The number of hydrogen-bond donors (Lipinski definition) is 2. The van der Waals surface area contributed by atoms with Gasteiger partial charge in [-0.25, -0.2) is 0 Å². The van der Waals surface area contributed by atoms with Gasteiger partial charge in [-0.15, -0.1) is 0 Å². The van der Waals surface area contributed by atoms with Crippen LogP contribution in [0.3, 0.4) is 0 Å². The summed E-state index contributed by atoms with van der Waals surface area (Å²) in [4.78, 5) is 31.5. The Morgan fingerprint density at radius 1 is 0.617 bits per heavy atom. The van der Waals surface area contributed by atoms with Gasteiger partial charge in [0, 0.05) is 69.6 Å². The molecule has 0 spiro atoms. The minimum Gasteiger partial charge on any atom is -0.506 e. The van der Waals surface area contributed by atoms with E-state index in [4.69, 9.17) is 18.3 Å². The number of rotatable bonds is 8. The zero-order chi connectivity index (χ0) is 42.7. The molecule has 306 valence electrons. The molecule has 0 amide bonds. The van der Waals surface area contributed by atoms with E-state index in [0.717, 1.165) is 55.8 Å². The first kappa shape index (κ1) is 38.8. The fourth-order valence-corrected chi connectivity index (χ4v) is 9.53. The third-order valence-corrected chi connectivity index (χ3v) is 13.1. The van der Waals surface area contributed by atoms with E-state index in [-0.39, 0.29) is 45.4 Å². The second-order valence-corrected chi connectivity index (χ2v) is 16.9. The maximum atomic E-state index is 13.7. The quantitative estimate of drug-likeness (QED) is 0.146. The monoisotopic (exact) mass is 804 g/mol. The highest BCUT2D eigenvalue weighted by atomic mass is 16.5. The van der Waals surface area contributed by atoms with Gasteiger partial charge in [-0.3, -0.25) is 9.59 Å². The van der Waals surface area contributed by atoms with Crippen LogP contribution in [0.1, 0.15) is 75.3 Å². The highest BCUT2D eigenvalue weighted by Crippen LogP contribution is 2.56. The number of aliphatic hydroxyl groups is 2. The Morgan fingerprint density at radius 3 is 1.37 bits per heavy atom. The topological polar surface area (TPSA) is 126 Å². The Balaban J connectivity index is 1.02. The standard InChI is InChI=1S/C50H48N2O8/c1-11-27-29-17-25(57-9)13-15-39(29)59-41(27)19-31-45(53)33(46(31)54)21-43-49(3,4)35-23-36-38(24-37(35)51(43)7)52(8)44(50(36,5)6)22-34-47(55)32(48(34)56)20-42-28(12-2)30-18-26(58-10)14-16-40(30)60-42/h13-24,53,55H,11-12H2,1-10H3. The van der Waals surface area contributed by atoms with Crippen LogP contribution in [0.5, 0.6) is 11.5 Å². The van der Waals surface area contributed by atoms with Gasteiger partial charge in [-0.05, 0) is 96.8 Å². The SMILES string of the molecule is CCc1c(C=C2C(=O)C(C=C3N(C)c4cc5c(cc4C3(C)C)C(C)(C)C(=CC3=C(O)C(=Cc4oc6ccc(OC)cc6c4CC)C3=O)N5C)=C2O)oc2ccc(OC)cc12. The zero-order valence-corrected chi connectivity index (χ0v) is 35.6. The fraction of sp³-hybridized carbons (Fsp3) is 0.280. The minimum absolute atomic E-state index is 0.0592. The molecule has 0 atom stereocenters. The maximum Gasteiger partial charge on any atom is 0.200 e. The van der Waals surface area contributed by atoms with Crippen molar-refractivity contribution < 1.29 is 38.1 Å². The molecule has 2 aromatic heterocycles. The Hall–Kier alpha value is -6.68. The lowest BCUT2D eigenvalue weighted by molar-refractivity contribution is -0.114. The van der Waals surface area contributed by atoms with E-state index in [9.17, 15) is 19.8 Å². The first-order chi connectivity index (χ1) is 28.5. The summed E-state index contributed by atoms with van der Waals surface area (Å²) in [7, 11) is 7.19. The van der Waals surface area contributed by atoms with Crippen molar-refractivity contribution in [3.05, 3.63) is 140 Å². The summed E-state index contributed by atoms with van der Waals surface area (Å²) in [5.41, 5.74) is 9.02. The number of Topliss-reactive ketones (excluding diaryl/α,β-unsaturated/α-hetero) is 2. The number of methoxy groups -OCH3 is 2. The summed E-state index contributed by atoms with van der Waals surface area (Å²) in [5.74, 6) is 1.91. The Labute approximate surface area is 348 Å². The van der Waals surface area contributed by atoms with Crippen LogP contribution >= 0.6 is 0 Å². The first-order valence-electron chi connectivity index (χ1n) is 20.2. The number of fused-ring (bicyclic) bond motifs is 4. The maximum absolute atomic E-state index is 13.7. The number of likely N-dealkylation sites (N-methyl/N-ethyl adjacent to an activating group) is 2. The predicted molar refractivity (Wildman–Crippen MR) is 235 cm³/mol. The molecular formula is C50H48N2O8. The fourth-order valence-electron chi connectivity index (χ4n) is 9.53. The van der Waals surface area contributed by atoms with Crippen molar-refractivity contribution in [1.82, 2.24) is 0 Å². The number of ether oxygens (including phenoxy) is 2. The van der Waals surface area contributed by atoms with Gasteiger partial charge >= 0.3 is 0 Å². The van der Waals surface area contributed by atoms with Gasteiger partial charge in [0.25, 0.3) is 0 Å². The van der Waals surface area contributed by atoms with E-state index in [1.807, 2.05) is 64.3 Å². The molecule has 3 aromatic carbocycles. The molecule has 0 unspecified atom stereocenters. The van der Waals surface area contributed by atoms with Crippen LogP contribution in [0.4, 0.5) is 11.4 Å². The van der Waals surface area contributed by atoms with Gasteiger partial charge < -0.3 is 38.3 Å². The van der Waals surface area contributed by atoms with Crippen molar-refractivity contribution in [2.75, 3.05) is 38.1 Å². The highest BCUT2D eigenvalue weighted by molar-refractivity contribution is 6.24. The van der Waals surface area contributed by atoms with Crippen LogP contribution in [-0.4, -0.2) is 50.1 Å². The number of furan rings is 2. The van der Waals surface area contributed by atoms with Crippen molar-refractivity contribution in [3.63, 3.8) is 0 Å². The number of allylic oxidation sites excluding steroid dienone is 8. The van der Waals surface area contributed by atoms with Crippen LogP contribution < -0.4 is 19.3 Å². The number of nitrogens with zero attached hydrogens (tertiary/aromatic N) is 2. The normalized spacial score (nSPS) is 20.7. The van der Waals surface area contributed by atoms with Crippen molar-refractivity contribution in [2.24, 2.45) is 0 Å². The van der Waals surface area contributed by atoms with E-state index in [0.29, 0.717) is 47.0 Å². The molecule has 2 aliphatic heterocycles. The smallest absolute Gasteiger partial charge is 0.200 e. The van der Waals surface area contributed by atoms with Crippen molar-refractivity contribution in [2.45, 2.75) is 65.2 Å². The average molecular weight is 805 g/mol. The van der Waals surface area contributed by atoms with Crippen LogP contribution in [0.2, 0.25) is 0 Å². The number of hydrogen-bond acceptors (Lipinski definition) is 10. The Bertz CT molecular complexity index is 2760. The van der Waals surface area contributed by atoms with E-state index in [2.05, 4.69) is 49.6 Å². The van der Waals surface area contributed by atoms with Crippen molar-refractivity contribution >= 4 is 57.0 Å². The summed E-state index contributed by atoms with van der Waals surface area (Å²) in [6, 6.07) is 15.6. The Morgan fingerprint density at radius 2 is 1.02 bits per heavy atom. The first-order valence-corrected chi connectivity index (χ1v) is 20.2. The molecule has 10 nitrogen and oxygen atoms in total. The van der Waals surface area contributed by atoms with Crippen LogP contribution in [0, 0.1) is 0 Å². The summed E-state index contributed by atoms with van der Waals surface area (Å²) in [6.45, 7) is 12.5. The van der Waals surface area contributed by atoms with Crippen molar-refractivity contribution in [3.8, 4) is 11.5 Å². The van der Waals surface area contributed by atoms with Gasteiger partial charge in [0.15, 0.2) is 0 Å². The molecule has 0 radical (unpaired) electrons. The number of benzene rings is 3. The van der Waals surface area contributed by atoms with E-state index < -0.39 is 10.8 Å². The Kier molecular flexibility index (Phi) is 8.68. The summed E-state index contributed by atoms with van der Waals surface area (Å²) in [6.07, 6.45) is 8.25. The van der Waals surface area contributed by atoms with Crippen LogP contribution in [0.15, 0.2) is 115 Å².